The minimum Gasteiger partial charge on any atom is -0.427 e. The minimum absolute atomic E-state index is 0.127. The van der Waals surface area contributed by atoms with E-state index in [9.17, 15) is 9.59 Å². The number of hydrogen-bond donors (Lipinski definition) is 2. The summed E-state index contributed by atoms with van der Waals surface area (Å²) in [5.41, 5.74) is 1.46. The van der Waals surface area contributed by atoms with Gasteiger partial charge in [0.15, 0.2) is 0 Å². The van der Waals surface area contributed by atoms with Crippen molar-refractivity contribution in [3.05, 3.63) is 60.5 Å². The number of nitrogens with one attached hydrogen (secondary N) is 2. The second-order valence-electron chi connectivity index (χ2n) is 4.42. The van der Waals surface area contributed by atoms with Crippen LogP contribution in [0.1, 0.15) is 13.3 Å². The Hall–Kier alpha value is -2.82. The van der Waals surface area contributed by atoms with Gasteiger partial charge in [0.2, 0.25) is 5.91 Å². The Labute approximate surface area is 123 Å². The molecule has 1 aliphatic heterocycles. The molecule has 1 heterocycles. The Kier molecular flexibility index (Phi) is 4.93. The summed E-state index contributed by atoms with van der Waals surface area (Å²) in [6, 6.07) is 6.63. The summed E-state index contributed by atoms with van der Waals surface area (Å²) in [5.74, 6) is -0.0547. The van der Waals surface area contributed by atoms with Crippen LogP contribution in [-0.4, -0.2) is 11.9 Å². The topological polar surface area (TPSA) is 67.4 Å². The predicted molar refractivity (Wildman–Crippen MR) is 80.5 cm³/mol. The highest BCUT2D eigenvalue weighted by Gasteiger charge is 2.06. The molecule has 0 aliphatic carbocycles. The van der Waals surface area contributed by atoms with Crippen LogP contribution in [0.3, 0.4) is 0 Å². The molecule has 1 aliphatic rings. The van der Waals surface area contributed by atoms with Gasteiger partial charge in [-0.05, 0) is 36.4 Å². The third-order valence-electron chi connectivity index (χ3n) is 2.64. The van der Waals surface area contributed by atoms with E-state index in [4.69, 9.17) is 4.74 Å². The molecule has 0 aromatic heterocycles. The minimum atomic E-state index is -0.376. The third kappa shape index (κ3) is 4.99. The average molecular weight is 284 g/mol. The van der Waals surface area contributed by atoms with Crippen molar-refractivity contribution < 1.29 is 14.3 Å². The molecule has 108 valence electrons. The highest BCUT2D eigenvalue weighted by molar-refractivity contribution is 5.92. The zero-order chi connectivity index (χ0) is 15.1. The molecular formula is C16H16N2O3. The van der Waals surface area contributed by atoms with Crippen LogP contribution in [0.15, 0.2) is 60.5 Å². The molecule has 1 amide bonds. The summed E-state index contributed by atoms with van der Waals surface area (Å²) in [4.78, 5) is 22.7. The number of ether oxygens (including phenoxy) is 1. The average Bonchev–Trinajstić information content (AvgIpc) is 2.69. The summed E-state index contributed by atoms with van der Waals surface area (Å²) in [7, 11) is 0. The van der Waals surface area contributed by atoms with Crippen molar-refractivity contribution in [2.45, 2.75) is 13.3 Å². The highest BCUT2D eigenvalue weighted by Crippen LogP contribution is 2.16. The first-order valence-electron chi connectivity index (χ1n) is 6.51. The van der Waals surface area contributed by atoms with Crippen molar-refractivity contribution in [2.75, 3.05) is 5.32 Å². The first-order chi connectivity index (χ1) is 10.1. The Morgan fingerprint density at radius 3 is 2.62 bits per heavy atom. The van der Waals surface area contributed by atoms with E-state index in [-0.39, 0.29) is 18.3 Å². The van der Waals surface area contributed by atoms with E-state index in [1.165, 1.54) is 6.92 Å². The van der Waals surface area contributed by atoms with Gasteiger partial charge in [0, 0.05) is 24.5 Å². The SMILES string of the molecule is CC(=O)Oc1ccc(NC(=O)CC2=CC=CC=CN2)cc1. The molecule has 0 fully saturated rings. The Morgan fingerprint density at radius 1 is 1.14 bits per heavy atom. The van der Waals surface area contributed by atoms with Crippen LogP contribution in [0.5, 0.6) is 5.75 Å². The predicted octanol–water partition coefficient (Wildman–Crippen LogP) is 2.50. The van der Waals surface area contributed by atoms with Crippen LogP contribution >= 0.6 is 0 Å². The van der Waals surface area contributed by atoms with Crippen LogP contribution in [0, 0.1) is 0 Å². The molecule has 0 saturated carbocycles. The molecule has 0 spiro atoms. The number of carbonyl (C=O) groups is 2. The van der Waals surface area contributed by atoms with E-state index in [2.05, 4.69) is 10.6 Å². The van der Waals surface area contributed by atoms with Crippen molar-refractivity contribution in [1.82, 2.24) is 5.32 Å². The molecule has 5 nitrogen and oxygen atoms in total. The fraction of sp³-hybridized carbons (Fsp3) is 0.125. The lowest BCUT2D eigenvalue weighted by Crippen LogP contribution is -2.16. The largest absolute Gasteiger partial charge is 0.427 e. The number of anilines is 1. The number of carbonyl (C=O) groups excluding carboxylic acids is 2. The van der Waals surface area contributed by atoms with Gasteiger partial charge in [-0.2, -0.15) is 0 Å². The van der Waals surface area contributed by atoms with Gasteiger partial charge in [0.05, 0.1) is 6.42 Å². The van der Waals surface area contributed by atoms with E-state index in [0.717, 1.165) is 5.70 Å². The van der Waals surface area contributed by atoms with Crippen molar-refractivity contribution in [3.8, 4) is 5.75 Å². The van der Waals surface area contributed by atoms with Gasteiger partial charge in [-0.25, -0.2) is 0 Å². The molecule has 5 heteroatoms. The standard InChI is InChI=1S/C16H16N2O3/c1-12(19)21-15-8-6-13(7-9-15)18-16(20)11-14-5-3-2-4-10-17-14/h2-10,17H,11H2,1H3,(H,18,20). The monoisotopic (exact) mass is 284 g/mol. The molecule has 21 heavy (non-hydrogen) atoms. The Balaban J connectivity index is 1.90. The van der Waals surface area contributed by atoms with Gasteiger partial charge < -0.3 is 15.4 Å². The van der Waals surface area contributed by atoms with Crippen LogP contribution < -0.4 is 15.4 Å². The van der Waals surface area contributed by atoms with Crippen LogP contribution in [0.25, 0.3) is 0 Å². The van der Waals surface area contributed by atoms with E-state index in [1.807, 2.05) is 24.3 Å². The maximum atomic E-state index is 11.9. The lowest BCUT2D eigenvalue weighted by Gasteiger charge is -2.08. The molecule has 2 rings (SSSR count). The van der Waals surface area contributed by atoms with Gasteiger partial charge in [-0.3, -0.25) is 9.59 Å². The number of esters is 1. The fourth-order valence-corrected chi connectivity index (χ4v) is 1.76. The van der Waals surface area contributed by atoms with E-state index < -0.39 is 0 Å². The first kappa shape index (κ1) is 14.6. The zero-order valence-corrected chi connectivity index (χ0v) is 11.6. The van der Waals surface area contributed by atoms with Gasteiger partial charge in [-0.15, -0.1) is 0 Å². The van der Waals surface area contributed by atoms with Crippen molar-refractivity contribution in [2.24, 2.45) is 0 Å². The van der Waals surface area contributed by atoms with Crippen molar-refractivity contribution >= 4 is 17.6 Å². The van der Waals surface area contributed by atoms with Crippen LogP contribution in [0.2, 0.25) is 0 Å². The highest BCUT2D eigenvalue weighted by atomic mass is 16.5. The molecule has 1 aromatic rings. The lowest BCUT2D eigenvalue weighted by molar-refractivity contribution is -0.131. The molecule has 0 bridgehead atoms. The Bertz CT molecular complexity index is 613. The molecule has 0 saturated heterocycles. The van der Waals surface area contributed by atoms with Gasteiger partial charge in [0.1, 0.15) is 5.75 Å². The van der Waals surface area contributed by atoms with Crippen molar-refractivity contribution in [1.29, 1.82) is 0 Å². The van der Waals surface area contributed by atoms with E-state index >= 15 is 0 Å². The summed E-state index contributed by atoms with van der Waals surface area (Å²) in [6.07, 6.45) is 9.48. The van der Waals surface area contributed by atoms with Gasteiger partial charge in [-0.1, -0.05) is 12.2 Å². The summed E-state index contributed by atoms with van der Waals surface area (Å²) < 4.78 is 4.92. The molecular weight excluding hydrogens is 268 g/mol. The molecule has 0 unspecified atom stereocenters. The second-order valence-corrected chi connectivity index (χ2v) is 4.42. The number of rotatable bonds is 4. The van der Waals surface area contributed by atoms with E-state index in [0.29, 0.717) is 11.4 Å². The normalized spacial score (nSPS) is 12.9. The summed E-state index contributed by atoms with van der Waals surface area (Å²) in [5, 5.41) is 5.81. The third-order valence-corrected chi connectivity index (χ3v) is 2.64. The molecule has 2 N–H and O–H groups in total. The number of benzene rings is 1. The second kappa shape index (κ2) is 7.09. The van der Waals surface area contributed by atoms with E-state index in [1.54, 1.807) is 30.5 Å². The summed E-state index contributed by atoms with van der Waals surface area (Å²) >= 11 is 0. The first-order valence-corrected chi connectivity index (χ1v) is 6.51. The number of amides is 1. The zero-order valence-electron chi connectivity index (χ0n) is 11.6. The molecule has 0 radical (unpaired) electrons. The Morgan fingerprint density at radius 2 is 1.90 bits per heavy atom. The fourth-order valence-electron chi connectivity index (χ4n) is 1.76. The molecule has 1 aromatic carbocycles. The van der Waals surface area contributed by atoms with Gasteiger partial charge in [0.25, 0.3) is 0 Å². The maximum Gasteiger partial charge on any atom is 0.308 e. The number of hydrogen-bond acceptors (Lipinski definition) is 4. The van der Waals surface area contributed by atoms with Crippen molar-refractivity contribution in [3.63, 3.8) is 0 Å². The quantitative estimate of drug-likeness (QED) is 0.658. The summed E-state index contributed by atoms with van der Waals surface area (Å²) in [6.45, 7) is 1.34. The lowest BCUT2D eigenvalue weighted by atomic mass is 10.2. The smallest absolute Gasteiger partial charge is 0.308 e. The maximum absolute atomic E-state index is 11.9. The van der Waals surface area contributed by atoms with Gasteiger partial charge >= 0.3 is 5.97 Å². The number of allylic oxidation sites excluding steroid dienone is 4. The van der Waals surface area contributed by atoms with Crippen LogP contribution in [0.4, 0.5) is 5.69 Å². The molecule has 0 atom stereocenters. The van der Waals surface area contributed by atoms with Crippen LogP contribution in [-0.2, 0) is 9.59 Å².